The van der Waals surface area contributed by atoms with Crippen LogP contribution in [0.5, 0.6) is 0 Å². The second-order valence-electron chi connectivity index (χ2n) is 7.59. The second-order valence-corrected chi connectivity index (χ2v) is 7.59. The summed E-state index contributed by atoms with van der Waals surface area (Å²) in [6.45, 7) is 5.29. The Bertz CT molecular complexity index is 1100. The van der Waals surface area contributed by atoms with Crippen LogP contribution in [-0.2, 0) is 6.54 Å². The number of likely N-dealkylation sites (tertiary alicyclic amines) is 1. The molecule has 1 fully saturated rings. The number of aryl methyl sites for hydroxylation is 1. The summed E-state index contributed by atoms with van der Waals surface area (Å²) in [7, 11) is 0. The molecule has 0 aliphatic carbocycles. The van der Waals surface area contributed by atoms with Crippen LogP contribution in [-0.4, -0.2) is 42.6 Å². The Balaban J connectivity index is 1.58. The fraction of sp³-hybridized carbons (Fsp3) is 0.318. The first-order chi connectivity index (χ1) is 13.8. The van der Waals surface area contributed by atoms with Gasteiger partial charge in [-0.05, 0) is 51.1 Å². The van der Waals surface area contributed by atoms with Crippen molar-refractivity contribution in [1.29, 1.82) is 0 Å². The van der Waals surface area contributed by atoms with Gasteiger partial charge in [-0.2, -0.15) is 5.10 Å². The zero-order valence-corrected chi connectivity index (χ0v) is 16.1. The maximum atomic E-state index is 5.02. The smallest absolute Gasteiger partial charge is 0.155 e. The van der Waals surface area contributed by atoms with E-state index in [2.05, 4.69) is 63.3 Å². The molecule has 0 spiro atoms. The molecule has 1 saturated heterocycles. The lowest BCUT2D eigenvalue weighted by atomic mass is 10.0. The van der Waals surface area contributed by atoms with E-state index in [-0.39, 0.29) is 0 Å². The van der Waals surface area contributed by atoms with Crippen LogP contribution in [0.15, 0.2) is 48.9 Å². The van der Waals surface area contributed by atoms with Crippen molar-refractivity contribution in [2.45, 2.75) is 32.7 Å². The quantitative estimate of drug-likeness (QED) is 0.586. The van der Waals surface area contributed by atoms with Crippen molar-refractivity contribution in [3.05, 3.63) is 60.3 Å². The molecular formula is C22H24N6. The van der Waals surface area contributed by atoms with Gasteiger partial charge in [0.25, 0.3) is 0 Å². The number of nitrogens with zero attached hydrogens (tertiary/aromatic N) is 5. The Morgan fingerprint density at radius 3 is 2.79 bits per heavy atom. The minimum Gasteiger partial charge on any atom is -0.340 e. The van der Waals surface area contributed by atoms with Gasteiger partial charge in [0, 0.05) is 17.3 Å². The van der Waals surface area contributed by atoms with Gasteiger partial charge >= 0.3 is 0 Å². The number of piperidine rings is 1. The summed E-state index contributed by atoms with van der Waals surface area (Å²) >= 11 is 0. The van der Waals surface area contributed by atoms with Gasteiger partial charge in [0.15, 0.2) is 5.65 Å². The van der Waals surface area contributed by atoms with Crippen molar-refractivity contribution >= 4 is 5.65 Å². The largest absolute Gasteiger partial charge is 0.340 e. The molecule has 28 heavy (non-hydrogen) atoms. The van der Waals surface area contributed by atoms with Crippen molar-refractivity contribution < 1.29 is 0 Å². The predicted octanol–water partition coefficient (Wildman–Crippen LogP) is 4.08. The van der Waals surface area contributed by atoms with Crippen molar-refractivity contribution in [3.8, 4) is 22.5 Å². The van der Waals surface area contributed by atoms with E-state index < -0.39 is 0 Å². The van der Waals surface area contributed by atoms with Gasteiger partial charge in [0.1, 0.15) is 12.2 Å². The number of hydrogen-bond donors (Lipinski definition) is 1. The normalized spacial score (nSPS) is 15.3. The van der Waals surface area contributed by atoms with Gasteiger partial charge in [0.05, 0.1) is 17.9 Å². The first-order valence-electron chi connectivity index (χ1n) is 9.94. The van der Waals surface area contributed by atoms with Gasteiger partial charge in [-0.25, -0.2) is 14.5 Å². The van der Waals surface area contributed by atoms with Crippen LogP contribution in [0.4, 0.5) is 0 Å². The number of aromatic nitrogens is 5. The van der Waals surface area contributed by atoms with Crippen LogP contribution in [0.2, 0.25) is 0 Å². The maximum absolute atomic E-state index is 5.02. The number of benzene rings is 1. The van der Waals surface area contributed by atoms with Gasteiger partial charge < -0.3 is 4.98 Å². The molecule has 0 bridgehead atoms. The number of fused-ring (bicyclic) bond motifs is 1. The molecule has 0 unspecified atom stereocenters. The van der Waals surface area contributed by atoms with Crippen LogP contribution < -0.4 is 0 Å². The first kappa shape index (κ1) is 17.1. The number of rotatable bonds is 4. The molecule has 1 aliphatic rings. The van der Waals surface area contributed by atoms with Crippen LogP contribution >= 0.6 is 0 Å². The van der Waals surface area contributed by atoms with Crippen LogP contribution in [0.25, 0.3) is 28.2 Å². The van der Waals surface area contributed by atoms with Gasteiger partial charge in [-0.15, -0.1) is 0 Å². The third-order valence-corrected chi connectivity index (χ3v) is 5.44. The average molecular weight is 372 g/mol. The highest BCUT2D eigenvalue weighted by atomic mass is 15.3. The van der Waals surface area contributed by atoms with Crippen LogP contribution in [0.3, 0.4) is 0 Å². The van der Waals surface area contributed by atoms with E-state index in [1.165, 1.54) is 24.8 Å². The first-order valence-corrected chi connectivity index (χ1v) is 9.94. The third-order valence-electron chi connectivity index (χ3n) is 5.44. The monoisotopic (exact) mass is 372 g/mol. The molecule has 6 heteroatoms. The number of hydrogen-bond acceptors (Lipinski definition) is 4. The van der Waals surface area contributed by atoms with Crippen molar-refractivity contribution in [3.63, 3.8) is 0 Å². The zero-order valence-electron chi connectivity index (χ0n) is 16.1. The molecule has 6 nitrogen and oxygen atoms in total. The molecular weight excluding hydrogens is 348 g/mol. The van der Waals surface area contributed by atoms with Gasteiger partial charge in [-0.1, -0.05) is 30.2 Å². The fourth-order valence-corrected chi connectivity index (χ4v) is 4.01. The lowest BCUT2D eigenvalue weighted by Crippen LogP contribution is -2.29. The highest BCUT2D eigenvalue weighted by Gasteiger charge is 2.18. The lowest BCUT2D eigenvalue weighted by molar-refractivity contribution is 0.216. The van der Waals surface area contributed by atoms with E-state index in [1.54, 1.807) is 10.8 Å². The summed E-state index contributed by atoms with van der Waals surface area (Å²) in [6, 6.07) is 12.7. The molecule has 1 aromatic carbocycles. The molecule has 0 amide bonds. The number of aromatic amines is 1. The molecule has 0 radical (unpaired) electrons. The van der Waals surface area contributed by atoms with Crippen molar-refractivity contribution in [2.24, 2.45) is 0 Å². The summed E-state index contributed by atoms with van der Waals surface area (Å²) in [5.74, 6) is 1.02. The number of nitrogens with one attached hydrogen (secondary N) is 1. The summed E-state index contributed by atoms with van der Waals surface area (Å²) < 4.78 is 1.78. The lowest BCUT2D eigenvalue weighted by Gasteiger charge is -2.25. The maximum Gasteiger partial charge on any atom is 0.155 e. The van der Waals surface area contributed by atoms with Crippen LogP contribution in [0, 0.1) is 6.92 Å². The minimum atomic E-state index is 0.833. The molecule has 4 aromatic rings. The van der Waals surface area contributed by atoms with E-state index in [9.17, 15) is 0 Å². The molecule has 1 N–H and O–H groups in total. The fourth-order valence-electron chi connectivity index (χ4n) is 4.01. The van der Waals surface area contributed by atoms with E-state index in [1.807, 2.05) is 6.20 Å². The molecule has 142 valence electrons. The predicted molar refractivity (Wildman–Crippen MR) is 110 cm³/mol. The Morgan fingerprint density at radius 2 is 1.93 bits per heavy atom. The second kappa shape index (κ2) is 7.20. The molecule has 0 atom stereocenters. The number of imidazole rings is 1. The number of H-pyrrole nitrogens is 1. The molecule has 1 aliphatic heterocycles. The summed E-state index contributed by atoms with van der Waals surface area (Å²) in [5.41, 5.74) is 6.33. The van der Waals surface area contributed by atoms with E-state index >= 15 is 0 Å². The Kier molecular flexibility index (Phi) is 4.41. The summed E-state index contributed by atoms with van der Waals surface area (Å²) in [6.07, 6.45) is 7.43. The minimum absolute atomic E-state index is 0.833. The molecule has 5 rings (SSSR count). The van der Waals surface area contributed by atoms with Crippen molar-refractivity contribution in [1.82, 2.24) is 29.5 Å². The highest BCUT2D eigenvalue weighted by molar-refractivity contribution is 5.79. The summed E-state index contributed by atoms with van der Waals surface area (Å²) in [4.78, 5) is 15.5. The third kappa shape index (κ3) is 3.31. The van der Waals surface area contributed by atoms with Crippen molar-refractivity contribution in [2.75, 3.05) is 13.1 Å². The molecule has 3 aromatic heterocycles. The number of pyridine rings is 1. The van der Waals surface area contributed by atoms with E-state index in [4.69, 9.17) is 4.98 Å². The standard InChI is InChI=1S/C22H24N6/c1-16-6-5-7-17(12-16)21-22(18-8-11-28-20(13-18)23-15-24-28)26-19(25-21)14-27-9-3-2-4-10-27/h5-8,11-13,15H,2-4,9-10,14H2,1H3,(H,25,26). The summed E-state index contributed by atoms with van der Waals surface area (Å²) in [5, 5.41) is 4.20. The van der Waals surface area contributed by atoms with Gasteiger partial charge in [-0.3, -0.25) is 4.90 Å². The zero-order chi connectivity index (χ0) is 18.9. The Morgan fingerprint density at radius 1 is 1.04 bits per heavy atom. The topological polar surface area (TPSA) is 62.1 Å². The Labute approximate surface area is 164 Å². The van der Waals surface area contributed by atoms with E-state index in [0.717, 1.165) is 53.6 Å². The Hall–Kier alpha value is -2.99. The average Bonchev–Trinajstić information content (AvgIpc) is 3.35. The SMILES string of the molecule is Cc1cccc(-c2nc(CN3CCCCC3)[nH]c2-c2ccn3ncnc3c2)c1. The van der Waals surface area contributed by atoms with Gasteiger partial charge in [0.2, 0.25) is 0 Å². The molecule has 0 saturated carbocycles. The molecule has 4 heterocycles. The van der Waals surface area contributed by atoms with Crippen LogP contribution in [0.1, 0.15) is 30.7 Å². The van der Waals surface area contributed by atoms with E-state index in [0.29, 0.717) is 0 Å². The highest BCUT2D eigenvalue weighted by Crippen LogP contribution is 2.31.